The molecule has 0 aliphatic rings. The normalized spacial score (nSPS) is 11.8. The Morgan fingerprint density at radius 2 is 2.09 bits per heavy atom. The predicted molar refractivity (Wildman–Crippen MR) is 77.9 cm³/mol. The van der Waals surface area contributed by atoms with E-state index in [2.05, 4.69) is 4.98 Å². The van der Waals surface area contributed by atoms with Crippen LogP contribution in [0.5, 0.6) is 0 Å². The standard InChI is InChI=1S/C14H10F3N3OS/c1-8-6-20-7-11(19-13(20)22-8)9-3-2-4-10(5-9)18-12(21)14(15,16)17/h2-7H,1H3,(H,18,21). The fourth-order valence-electron chi connectivity index (χ4n) is 2.01. The van der Waals surface area contributed by atoms with Gasteiger partial charge in [0.15, 0.2) is 4.96 Å². The van der Waals surface area contributed by atoms with Crippen molar-refractivity contribution >= 4 is 27.9 Å². The first-order valence-electron chi connectivity index (χ1n) is 6.27. The molecule has 0 aliphatic heterocycles. The zero-order chi connectivity index (χ0) is 15.9. The quantitative estimate of drug-likeness (QED) is 0.777. The molecule has 0 unspecified atom stereocenters. The topological polar surface area (TPSA) is 46.4 Å². The Morgan fingerprint density at radius 3 is 2.77 bits per heavy atom. The lowest BCUT2D eigenvalue weighted by Gasteiger charge is -2.08. The van der Waals surface area contributed by atoms with Gasteiger partial charge in [-0.3, -0.25) is 9.20 Å². The van der Waals surface area contributed by atoms with E-state index in [9.17, 15) is 18.0 Å². The number of nitrogens with zero attached hydrogens (tertiary/aromatic N) is 2. The van der Waals surface area contributed by atoms with E-state index < -0.39 is 12.1 Å². The van der Waals surface area contributed by atoms with Crippen LogP contribution in [0.4, 0.5) is 18.9 Å². The maximum atomic E-state index is 12.3. The molecule has 1 N–H and O–H groups in total. The zero-order valence-corrected chi connectivity index (χ0v) is 12.1. The van der Waals surface area contributed by atoms with Crippen molar-refractivity contribution in [1.82, 2.24) is 9.38 Å². The SMILES string of the molecule is Cc1cn2cc(-c3cccc(NC(=O)C(F)(F)F)c3)nc2s1. The molecule has 114 valence electrons. The van der Waals surface area contributed by atoms with E-state index >= 15 is 0 Å². The number of halogens is 3. The Bertz CT molecular complexity index is 819. The summed E-state index contributed by atoms with van der Waals surface area (Å²) in [4.78, 5) is 17.3. The molecule has 8 heteroatoms. The average molecular weight is 325 g/mol. The van der Waals surface area contributed by atoms with Gasteiger partial charge in [0, 0.05) is 28.5 Å². The second-order valence-corrected chi connectivity index (χ2v) is 5.90. The number of aryl methyl sites for hydroxylation is 1. The summed E-state index contributed by atoms with van der Waals surface area (Å²) in [5.74, 6) is -1.99. The molecule has 0 aliphatic carbocycles. The first-order chi connectivity index (χ1) is 10.3. The van der Waals surface area contributed by atoms with E-state index in [0.717, 1.165) is 9.84 Å². The third-order valence-electron chi connectivity index (χ3n) is 2.95. The monoisotopic (exact) mass is 325 g/mol. The van der Waals surface area contributed by atoms with E-state index in [0.29, 0.717) is 11.3 Å². The van der Waals surface area contributed by atoms with Crippen LogP contribution in [-0.4, -0.2) is 21.5 Å². The highest BCUT2D eigenvalue weighted by Gasteiger charge is 2.38. The van der Waals surface area contributed by atoms with Crippen molar-refractivity contribution in [2.45, 2.75) is 13.1 Å². The van der Waals surface area contributed by atoms with Crippen molar-refractivity contribution in [3.8, 4) is 11.3 Å². The van der Waals surface area contributed by atoms with E-state index in [1.165, 1.54) is 23.5 Å². The highest BCUT2D eigenvalue weighted by Crippen LogP contribution is 2.26. The molecule has 1 amide bonds. The van der Waals surface area contributed by atoms with E-state index in [1.807, 2.05) is 22.8 Å². The lowest BCUT2D eigenvalue weighted by Crippen LogP contribution is -2.29. The number of carbonyl (C=O) groups is 1. The van der Waals surface area contributed by atoms with Crippen molar-refractivity contribution in [1.29, 1.82) is 0 Å². The molecule has 0 fully saturated rings. The lowest BCUT2D eigenvalue weighted by molar-refractivity contribution is -0.167. The van der Waals surface area contributed by atoms with Crippen LogP contribution < -0.4 is 5.32 Å². The summed E-state index contributed by atoms with van der Waals surface area (Å²) < 4.78 is 38.7. The van der Waals surface area contributed by atoms with Gasteiger partial charge in [0.25, 0.3) is 0 Å². The zero-order valence-electron chi connectivity index (χ0n) is 11.3. The fourth-order valence-corrected chi connectivity index (χ4v) is 2.82. The molecule has 0 bridgehead atoms. The number of hydrogen-bond acceptors (Lipinski definition) is 3. The number of imidazole rings is 1. The third kappa shape index (κ3) is 2.82. The third-order valence-corrected chi connectivity index (χ3v) is 3.86. The van der Waals surface area contributed by atoms with E-state index in [-0.39, 0.29) is 5.69 Å². The first kappa shape index (κ1) is 14.6. The van der Waals surface area contributed by atoms with Gasteiger partial charge in [-0.05, 0) is 19.1 Å². The molecule has 1 aromatic carbocycles. The molecule has 3 aromatic rings. The van der Waals surface area contributed by atoms with Crippen LogP contribution in [0, 0.1) is 6.92 Å². The van der Waals surface area contributed by atoms with E-state index in [1.54, 1.807) is 18.3 Å². The maximum Gasteiger partial charge on any atom is 0.471 e. The van der Waals surface area contributed by atoms with Crippen LogP contribution in [0.25, 0.3) is 16.2 Å². The average Bonchev–Trinajstić information content (AvgIpc) is 2.95. The summed E-state index contributed by atoms with van der Waals surface area (Å²) in [7, 11) is 0. The Labute approximate surface area is 127 Å². The minimum absolute atomic E-state index is 0.0763. The van der Waals surface area contributed by atoms with Crippen molar-refractivity contribution < 1.29 is 18.0 Å². The van der Waals surface area contributed by atoms with Crippen molar-refractivity contribution in [3.63, 3.8) is 0 Å². The molecule has 3 rings (SSSR count). The van der Waals surface area contributed by atoms with Crippen LogP contribution in [-0.2, 0) is 4.79 Å². The van der Waals surface area contributed by atoms with Gasteiger partial charge in [-0.2, -0.15) is 13.2 Å². The van der Waals surface area contributed by atoms with Gasteiger partial charge in [0.1, 0.15) is 0 Å². The predicted octanol–water partition coefficient (Wildman–Crippen LogP) is 3.87. The van der Waals surface area contributed by atoms with Gasteiger partial charge < -0.3 is 5.32 Å². The van der Waals surface area contributed by atoms with E-state index in [4.69, 9.17) is 0 Å². The van der Waals surface area contributed by atoms with Crippen LogP contribution in [0.3, 0.4) is 0 Å². The highest BCUT2D eigenvalue weighted by atomic mass is 32.1. The van der Waals surface area contributed by atoms with Gasteiger partial charge >= 0.3 is 12.1 Å². The molecule has 0 radical (unpaired) electrons. The van der Waals surface area contributed by atoms with Crippen LogP contribution in [0.1, 0.15) is 4.88 Å². The van der Waals surface area contributed by atoms with Crippen molar-refractivity contribution in [2.24, 2.45) is 0 Å². The van der Waals surface area contributed by atoms with Gasteiger partial charge in [0.2, 0.25) is 0 Å². The largest absolute Gasteiger partial charge is 0.471 e. The van der Waals surface area contributed by atoms with Gasteiger partial charge in [-0.25, -0.2) is 4.98 Å². The van der Waals surface area contributed by atoms with Crippen molar-refractivity contribution in [2.75, 3.05) is 5.32 Å². The Kier molecular flexibility index (Phi) is 3.40. The number of nitrogens with one attached hydrogen (secondary N) is 1. The number of fused-ring (bicyclic) bond motifs is 1. The number of aromatic nitrogens is 2. The number of thiazole rings is 1. The number of alkyl halides is 3. The fraction of sp³-hybridized carbons (Fsp3) is 0.143. The van der Waals surface area contributed by atoms with Crippen LogP contribution in [0.15, 0.2) is 36.7 Å². The second-order valence-electron chi connectivity index (χ2n) is 4.69. The molecule has 4 nitrogen and oxygen atoms in total. The molecule has 0 spiro atoms. The second kappa shape index (κ2) is 5.13. The summed E-state index contributed by atoms with van der Waals surface area (Å²) in [6.07, 6.45) is -1.19. The van der Waals surface area contributed by atoms with Crippen LogP contribution >= 0.6 is 11.3 Å². The van der Waals surface area contributed by atoms with Gasteiger partial charge in [-0.1, -0.05) is 12.1 Å². The molecule has 0 saturated heterocycles. The summed E-state index contributed by atoms with van der Waals surface area (Å²) in [5, 5.41) is 1.83. The molecule has 2 heterocycles. The number of hydrogen-bond donors (Lipinski definition) is 1. The number of benzene rings is 1. The smallest absolute Gasteiger partial charge is 0.318 e. The summed E-state index contributed by atoms with van der Waals surface area (Å²) in [6, 6.07) is 6.15. The summed E-state index contributed by atoms with van der Waals surface area (Å²) in [6.45, 7) is 1.96. The minimum Gasteiger partial charge on any atom is -0.318 e. The van der Waals surface area contributed by atoms with Crippen LogP contribution in [0.2, 0.25) is 0 Å². The maximum absolute atomic E-state index is 12.3. The highest BCUT2D eigenvalue weighted by molar-refractivity contribution is 7.17. The Balaban J connectivity index is 1.90. The number of rotatable bonds is 2. The van der Waals surface area contributed by atoms with Gasteiger partial charge in [0.05, 0.1) is 5.69 Å². The molecular formula is C14H10F3N3OS. The molecule has 0 atom stereocenters. The molecule has 0 saturated carbocycles. The number of amides is 1. The van der Waals surface area contributed by atoms with Gasteiger partial charge in [-0.15, -0.1) is 11.3 Å². The summed E-state index contributed by atoms with van der Waals surface area (Å²) in [5.41, 5.74) is 1.34. The Morgan fingerprint density at radius 1 is 1.32 bits per heavy atom. The molecule has 2 aromatic heterocycles. The lowest BCUT2D eigenvalue weighted by atomic mass is 10.1. The number of anilines is 1. The van der Waals surface area contributed by atoms with Crippen molar-refractivity contribution in [3.05, 3.63) is 41.5 Å². The Hall–Kier alpha value is -2.35. The molecular weight excluding hydrogens is 315 g/mol. The number of carbonyl (C=O) groups excluding carboxylic acids is 1. The molecule has 22 heavy (non-hydrogen) atoms. The first-order valence-corrected chi connectivity index (χ1v) is 7.08. The minimum atomic E-state index is -4.91. The summed E-state index contributed by atoms with van der Waals surface area (Å²) >= 11 is 1.52.